The Morgan fingerprint density at radius 3 is 2.52 bits per heavy atom. The third kappa shape index (κ3) is 4.06. The van der Waals surface area contributed by atoms with E-state index in [0.717, 1.165) is 48.4 Å². The minimum absolute atomic E-state index is 0.0247. The van der Waals surface area contributed by atoms with Crippen LogP contribution >= 0.6 is 11.6 Å². The lowest BCUT2D eigenvalue weighted by Crippen LogP contribution is -2.18. The summed E-state index contributed by atoms with van der Waals surface area (Å²) < 4.78 is 1.86. The minimum Gasteiger partial charge on any atom is -0.310 e. The van der Waals surface area contributed by atoms with Gasteiger partial charge in [0, 0.05) is 10.6 Å². The van der Waals surface area contributed by atoms with Crippen LogP contribution in [0, 0.1) is 0 Å². The molecule has 0 aliphatic heterocycles. The molecule has 138 valence electrons. The van der Waals surface area contributed by atoms with Crippen LogP contribution in [0.3, 0.4) is 0 Å². The third-order valence-corrected chi connectivity index (χ3v) is 5.20. The van der Waals surface area contributed by atoms with Gasteiger partial charge in [-0.1, -0.05) is 48.4 Å². The Morgan fingerprint density at radius 1 is 1.00 bits per heavy atom. The maximum atomic E-state index is 12.7. The molecule has 0 fully saturated rings. The van der Waals surface area contributed by atoms with E-state index in [2.05, 4.69) is 5.32 Å². The third-order valence-electron chi connectivity index (χ3n) is 4.94. The molecule has 1 N–H and O–H groups in total. The molecule has 3 aromatic rings. The zero-order valence-corrected chi connectivity index (χ0v) is 15.9. The highest BCUT2D eigenvalue weighted by Gasteiger charge is 2.22. The number of aryl methyl sites for hydroxylation is 1. The highest BCUT2D eigenvalue weighted by molar-refractivity contribution is 6.30. The van der Waals surface area contributed by atoms with E-state index in [-0.39, 0.29) is 5.91 Å². The molecule has 4 nitrogen and oxygen atoms in total. The maximum Gasteiger partial charge on any atom is 0.229 e. The van der Waals surface area contributed by atoms with Crippen molar-refractivity contribution >= 4 is 23.3 Å². The fourth-order valence-corrected chi connectivity index (χ4v) is 3.71. The van der Waals surface area contributed by atoms with E-state index < -0.39 is 0 Å². The average Bonchev–Trinajstić information content (AvgIpc) is 2.85. The number of anilines is 1. The first-order chi connectivity index (χ1) is 13.2. The molecular weight excluding hydrogens is 358 g/mol. The average molecular weight is 380 g/mol. The molecule has 0 radical (unpaired) electrons. The molecule has 0 saturated carbocycles. The topological polar surface area (TPSA) is 46.9 Å². The van der Waals surface area contributed by atoms with Crippen molar-refractivity contribution in [2.24, 2.45) is 0 Å². The van der Waals surface area contributed by atoms with Crippen molar-refractivity contribution in [1.82, 2.24) is 9.78 Å². The molecule has 27 heavy (non-hydrogen) atoms. The van der Waals surface area contributed by atoms with Crippen LogP contribution in [0.2, 0.25) is 5.02 Å². The standard InChI is InChI=1S/C22H22ClN3O/c23-17-11-13-18(14-12-17)26-22(19-9-5-2-6-10-20(19)25-26)24-21(27)15-16-7-3-1-4-8-16/h1,3-4,7-8,11-14H,2,5-6,9-10,15H2,(H,24,27). The van der Waals surface area contributed by atoms with E-state index >= 15 is 0 Å². The second-order valence-electron chi connectivity index (χ2n) is 6.93. The van der Waals surface area contributed by atoms with Gasteiger partial charge in [-0.05, 0) is 55.5 Å². The molecule has 0 spiro atoms. The van der Waals surface area contributed by atoms with Crippen LogP contribution in [0.25, 0.3) is 5.69 Å². The van der Waals surface area contributed by atoms with Crippen molar-refractivity contribution in [3.8, 4) is 5.69 Å². The summed E-state index contributed by atoms with van der Waals surface area (Å²) in [5.74, 6) is 0.776. The number of amides is 1. The van der Waals surface area contributed by atoms with Crippen molar-refractivity contribution in [3.05, 3.63) is 76.4 Å². The summed E-state index contributed by atoms with van der Waals surface area (Å²) >= 11 is 6.04. The van der Waals surface area contributed by atoms with Crippen LogP contribution in [0.15, 0.2) is 54.6 Å². The number of benzene rings is 2. The molecule has 0 atom stereocenters. The van der Waals surface area contributed by atoms with Gasteiger partial charge in [-0.25, -0.2) is 4.68 Å². The lowest BCUT2D eigenvalue weighted by atomic mass is 10.1. The summed E-state index contributed by atoms with van der Waals surface area (Å²) in [6, 6.07) is 17.4. The fourth-order valence-electron chi connectivity index (χ4n) is 3.59. The Kier molecular flexibility index (Phi) is 5.26. The number of carbonyl (C=O) groups excluding carboxylic acids is 1. The van der Waals surface area contributed by atoms with Crippen LogP contribution in [0.5, 0.6) is 0 Å². The van der Waals surface area contributed by atoms with E-state index in [9.17, 15) is 4.79 Å². The summed E-state index contributed by atoms with van der Waals surface area (Å²) in [6.07, 6.45) is 5.72. The van der Waals surface area contributed by atoms with E-state index in [1.807, 2.05) is 59.3 Å². The Bertz CT molecular complexity index is 932. The molecule has 0 saturated heterocycles. The van der Waals surface area contributed by atoms with E-state index in [4.69, 9.17) is 16.7 Å². The second-order valence-corrected chi connectivity index (χ2v) is 7.37. The highest BCUT2D eigenvalue weighted by atomic mass is 35.5. The Labute approximate surface area is 164 Å². The zero-order chi connectivity index (χ0) is 18.6. The number of rotatable bonds is 4. The van der Waals surface area contributed by atoms with Gasteiger partial charge < -0.3 is 5.32 Å². The predicted molar refractivity (Wildman–Crippen MR) is 109 cm³/mol. The monoisotopic (exact) mass is 379 g/mol. The Morgan fingerprint density at radius 2 is 1.74 bits per heavy atom. The van der Waals surface area contributed by atoms with Gasteiger partial charge in [-0.15, -0.1) is 0 Å². The zero-order valence-electron chi connectivity index (χ0n) is 15.1. The van der Waals surface area contributed by atoms with Gasteiger partial charge in [0.05, 0.1) is 17.8 Å². The summed E-state index contributed by atoms with van der Waals surface area (Å²) in [5, 5.41) is 8.65. The van der Waals surface area contributed by atoms with Gasteiger partial charge in [0.25, 0.3) is 0 Å². The highest BCUT2D eigenvalue weighted by Crippen LogP contribution is 2.30. The molecule has 1 amide bonds. The molecule has 2 aromatic carbocycles. The number of fused-ring (bicyclic) bond motifs is 1. The Balaban J connectivity index is 1.67. The molecule has 0 bridgehead atoms. The quantitative estimate of drug-likeness (QED) is 0.650. The van der Waals surface area contributed by atoms with Gasteiger partial charge in [0.2, 0.25) is 5.91 Å². The predicted octanol–water partition coefficient (Wildman–Crippen LogP) is 4.98. The molecular formula is C22H22ClN3O. The van der Waals surface area contributed by atoms with E-state index in [1.54, 1.807) is 0 Å². The second kappa shape index (κ2) is 7.97. The largest absolute Gasteiger partial charge is 0.310 e. The normalized spacial score (nSPS) is 13.7. The number of carbonyl (C=O) groups is 1. The number of hydrogen-bond acceptors (Lipinski definition) is 2. The van der Waals surface area contributed by atoms with Gasteiger partial charge in [0.1, 0.15) is 5.82 Å². The van der Waals surface area contributed by atoms with Crippen LogP contribution in [0.1, 0.15) is 36.1 Å². The lowest BCUT2D eigenvalue weighted by Gasteiger charge is -2.11. The maximum absolute atomic E-state index is 12.7. The molecule has 1 aliphatic rings. The van der Waals surface area contributed by atoms with Crippen LogP contribution in [0.4, 0.5) is 5.82 Å². The molecule has 4 rings (SSSR count). The summed E-state index contributed by atoms with van der Waals surface area (Å²) in [7, 11) is 0. The van der Waals surface area contributed by atoms with Crippen LogP contribution < -0.4 is 5.32 Å². The Hall–Kier alpha value is -2.59. The number of hydrogen-bond donors (Lipinski definition) is 1. The molecule has 5 heteroatoms. The minimum atomic E-state index is -0.0247. The van der Waals surface area contributed by atoms with Crippen molar-refractivity contribution in [2.75, 3.05) is 5.32 Å². The van der Waals surface area contributed by atoms with Crippen molar-refractivity contribution < 1.29 is 4.79 Å². The molecule has 0 unspecified atom stereocenters. The first-order valence-electron chi connectivity index (χ1n) is 9.41. The number of halogens is 1. The summed E-state index contributed by atoms with van der Waals surface area (Å²) in [5.41, 5.74) is 4.17. The first kappa shape index (κ1) is 17.8. The number of aromatic nitrogens is 2. The summed E-state index contributed by atoms with van der Waals surface area (Å²) in [4.78, 5) is 12.7. The van der Waals surface area contributed by atoms with Crippen molar-refractivity contribution in [1.29, 1.82) is 0 Å². The van der Waals surface area contributed by atoms with Gasteiger partial charge >= 0.3 is 0 Å². The smallest absolute Gasteiger partial charge is 0.229 e. The summed E-state index contributed by atoms with van der Waals surface area (Å²) in [6.45, 7) is 0. The fraction of sp³-hybridized carbons (Fsp3) is 0.273. The SMILES string of the molecule is O=C(Cc1ccccc1)Nc1c2c(nn1-c1ccc(Cl)cc1)CCCCC2. The van der Waals surface area contributed by atoms with Crippen LogP contribution in [-0.2, 0) is 24.1 Å². The van der Waals surface area contributed by atoms with Crippen molar-refractivity contribution in [2.45, 2.75) is 38.5 Å². The van der Waals surface area contributed by atoms with Crippen LogP contribution in [-0.4, -0.2) is 15.7 Å². The first-order valence-corrected chi connectivity index (χ1v) is 9.79. The molecule has 1 aliphatic carbocycles. The van der Waals surface area contributed by atoms with E-state index in [1.165, 1.54) is 12.0 Å². The molecule has 1 aromatic heterocycles. The van der Waals surface area contributed by atoms with Crippen molar-refractivity contribution in [3.63, 3.8) is 0 Å². The van der Waals surface area contributed by atoms with Gasteiger partial charge in [-0.2, -0.15) is 5.10 Å². The number of nitrogens with one attached hydrogen (secondary N) is 1. The molecule has 1 heterocycles. The van der Waals surface area contributed by atoms with E-state index in [0.29, 0.717) is 11.4 Å². The van der Waals surface area contributed by atoms with Gasteiger partial charge in [0.15, 0.2) is 0 Å². The lowest BCUT2D eigenvalue weighted by molar-refractivity contribution is -0.115. The number of nitrogens with zero attached hydrogens (tertiary/aromatic N) is 2. The van der Waals surface area contributed by atoms with Gasteiger partial charge in [-0.3, -0.25) is 4.79 Å².